The van der Waals surface area contributed by atoms with E-state index in [4.69, 9.17) is 0 Å². The van der Waals surface area contributed by atoms with Crippen molar-refractivity contribution in [3.8, 4) is 0 Å². The van der Waals surface area contributed by atoms with Crippen molar-refractivity contribution in [3.05, 3.63) is 24.0 Å². The Bertz CT molecular complexity index is 505. The van der Waals surface area contributed by atoms with Crippen LogP contribution in [0.2, 0.25) is 0 Å². The molecule has 5 heteroatoms. The molecule has 20 heavy (non-hydrogen) atoms. The van der Waals surface area contributed by atoms with Crippen LogP contribution in [0.4, 0.5) is 0 Å². The number of carbonyl (C=O) groups is 2. The van der Waals surface area contributed by atoms with Crippen LogP contribution in [0.3, 0.4) is 0 Å². The van der Waals surface area contributed by atoms with Gasteiger partial charge in [0.2, 0.25) is 0 Å². The summed E-state index contributed by atoms with van der Waals surface area (Å²) in [6.07, 6.45) is 4.68. The molecule has 1 aliphatic rings. The number of likely N-dealkylation sites (tertiary alicyclic amines) is 1. The van der Waals surface area contributed by atoms with Crippen LogP contribution in [0, 0.1) is 5.41 Å². The second kappa shape index (κ2) is 5.69. The van der Waals surface area contributed by atoms with E-state index in [0.29, 0.717) is 31.6 Å². The van der Waals surface area contributed by atoms with Crippen molar-refractivity contribution in [1.82, 2.24) is 9.47 Å². The molecule has 1 atom stereocenters. The molecular weight excluding hydrogens is 256 g/mol. The molecule has 0 radical (unpaired) electrons. The third kappa shape index (κ3) is 2.57. The van der Waals surface area contributed by atoms with Gasteiger partial charge in [-0.05, 0) is 31.4 Å². The Balaban J connectivity index is 2.20. The zero-order valence-corrected chi connectivity index (χ0v) is 12.1. The number of nitrogens with zero attached hydrogens (tertiary/aromatic N) is 2. The summed E-state index contributed by atoms with van der Waals surface area (Å²) in [6.45, 7) is 2.95. The van der Waals surface area contributed by atoms with Crippen LogP contribution in [0.25, 0.3) is 0 Å². The van der Waals surface area contributed by atoms with E-state index in [2.05, 4.69) is 0 Å². The molecule has 1 fully saturated rings. The van der Waals surface area contributed by atoms with E-state index in [-0.39, 0.29) is 5.91 Å². The monoisotopic (exact) mass is 278 g/mol. The number of aryl methyl sites for hydroxylation is 1. The van der Waals surface area contributed by atoms with E-state index in [1.54, 1.807) is 15.5 Å². The lowest BCUT2D eigenvalue weighted by molar-refractivity contribution is -0.152. The summed E-state index contributed by atoms with van der Waals surface area (Å²) in [5, 5.41) is 9.56. The number of amides is 1. The fraction of sp³-hybridized carbons (Fsp3) is 0.600. The highest BCUT2D eigenvalue weighted by atomic mass is 16.4. The van der Waals surface area contributed by atoms with Gasteiger partial charge in [-0.1, -0.05) is 13.3 Å². The largest absolute Gasteiger partial charge is 0.481 e. The van der Waals surface area contributed by atoms with Gasteiger partial charge in [0, 0.05) is 26.3 Å². The van der Waals surface area contributed by atoms with E-state index in [1.807, 2.05) is 26.2 Å². The standard InChI is InChI=1S/C15H22N2O3/c1-3-7-15(14(19)20)8-5-10-17(11-15)13(18)12-6-4-9-16(12)2/h4,6,9H,3,5,7-8,10-11H2,1-2H3,(H,19,20). The van der Waals surface area contributed by atoms with E-state index < -0.39 is 11.4 Å². The van der Waals surface area contributed by atoms with Crippen LogP contribution in [0.15, 0.2) is 18.3 Å². The highest BCUT2D eigenvalue weighted by molar-refractivity contribution is 5.93. The van der Waals surface area contributed by atoms with Gasteiger partial charge in [0.1, 0.15) is 5.69 Å². The summed E-state index contributed by atoms with van der Waals surface area (Å²) >= 11 is 0. The lowest BCUT2D eigenvalue weighted by atomic mass is 9.76. The van der Waals surface area contributed by atoms with Gasteiger partial charge in [-0.3, -0.25) is 9.59 Å². The van der Waals surface area contributed by atoms with Crippen LogP contribution < -0.4 is 0 Å². The van der Waals surface area contributed by atoms with Crippen molar-refractivity contribution < 1.29 is 14.7 Å². The maximum atomic E-state index is 12.5. The first-order chi connectivity index (χ1) is 9.50. The van der Waals surface area contributed by atoms with Gasteiger partial charge >= 0.3 is 5.97 Å². The Hall–Kier alpha value is -1.78. The van der Waals surface area contributed by atoms with Crippen LogP contribution in [-0.2, 0) is 11.8 Å². The molecule has 1 aromatic rings. The van der Waals surface area contributed by atoms with Crippen molar-refractivity contribution in [1.29, 1.82) is 0 Å². The number of carboxylic acid groups (broad SMARTS) is 1. The van der Waals surface area contributed by atoms with Crippen LogP contribution in [0.5, 0.6) is 0 Å². The minimum Gasteiger partial charge on any atom is -0.481 e. The van der Waals surface area contributed by atoms with Crippen molar-refractivity contribution in [2.24, 2.45) is 12.5 Å². The Labute approximate surface area is 119 Å². The summed E-state index contributed by atoms with van der Waals surface area (Å²) in [5.41, 5.74) is -0.156. The molecule has 110 valence electrons. The zero-order valence-electron chi connectivity index (χ0n) is 12.1. The minimum atomic E-state index is -0.774. The molecule has 0 bridgehead atoms. The van der Waals surface area contributed by atoms with E-state index >= 15 is 0 Å². The van der Waals surface area contributed by atoms with Crippen LogP contribution in [0.1, 0.15) is 43.1 Å². The molecular formula is C15H22N2O3. The lowest BCUT2D eigenvalue weighted by Crippen LogP contribution is -2.50. The number of carbonyl (C=O) groups excluding carboxylic acids is 1. The summed E-state index contributed by atoms with van der Waals surface area (Å²) in [7, 11) is 1.83. The molecule has 1 aromatic heterocycles. The molecule has 1 unspecified atom stereocenters. The molecule has 2 heterocycles. The summed E-state index contributed by atoms with van der Waals surface area (Å²) < 4.78 is 1.78. The normalized spacial score (nSPS) is 22.8. The van der Waals surface area contributed by atoms with Crippen molar-refractivity contribution in [2.75, 3.05) is 13.1 Å². The predicted molar refractivity (Wildman–Crippen MR) is 75.5 cm³/mol. The SMILES string of the molecule is CCCC1(C(=O)O)CCCN(C(=O)c2cccn2C)C1. The third-order valence-corrected chi connectivity index (χ3v) is 4.21. The van der Waals surface area contributed by atoms with Crippen molar-refractivity contribution >= 4 is 11.9 Å². The maximum absolute atomic E-state index is 12.5. The number of hydrogen-bond acceptors (Lipinski definition) is 2. The smallest absolute Gasteiger partial charge is 0.311 e. The van der Waals surface area contributed by atoms with E-state index in [0.717, 1.165) is 12.8 Å². The summed E-state index contributed by atoms with van der Waals surface area (Å²) in [4.78, 5) is 25.9. The van der Waals surface area contributed by atoms with Gasteiger partial charge in [-0.25, -0.2) is 0 Å². The highest BCUT2D eigenvalue weighted by Gasteiger charge is 2.43. The van der Waals surface area contributed by atoms with Gasteiger partial charge in [0.25, 0.3) is 5.91 Å². The Morgan fingerprint density at radius 1 is 1.45 bits per heavy atom. The quantitative estimate of drug-likeness (QED) is 0.917. The lowest BCUT2D eigenvalue weighted by Gasteiger charge is -2.40. The first-order valence-electron chi connectivity index (χ1n) is 7.14. The van der Waals surface area contributed by atoms with Crippen molar-refractivity contribution in [2.45, 2.75) is 32.6 Å². The third-order valence-electron chi connectivity index (χ3n) is 4.21. The fourth-order valence-corrected chi connectivity index (χ4v) is 3.11. The first-order valence-corrected chi connectivity index (χ1v) is 7.14. The fourth-order valence-electron chi connectivity index (χ4n) is 3.11. The van der Waals surface area contributed by atoms with Gasteiger partial charge in [0.05, 0.1) is 5.41 Å². The average molecular weight is 278 g/mol. The van der Waals surface area contributed by atoms with Gasteiger partial charge in [0.15, 0.2) is 0 Å². The second-order valence-corrected chi connectivity index (χ2v) is 5.67. The predicted octanol–water partition coefficient (Wildman–Crippen LogP) is 2.13. The number of hydrogen-bond donors (Lipinski definition) is 1. The first kappa shape index (κ1) is 14.6. The maximum Gasteiger partial charge on any atom is 0.311 e. The average Bonchev–Trinajstić information content (AvgIpc) is 2.84. The number of carboxylic acids is 1. The molecule has 0 spiro atoms. The number of aromatic nitrogens is 1. The Morgan fingerprint density at radius 2 is 2.20 bits per heavy atom. The van der Waals surface area contributed by atoms with Gasteiger partial charge in [-0.2, -0.15) is 0 Å². The summed E-state index contributed by atoms with van der Waals surface area (Å²) in [6, 6.07) is 3.60. The molecule has 0 aliphatic carbocycles. The van der Waals surface area contributed by atoms with E-state index in [9.17, 15) is 14.7 Å². The zero-order chi connectivity index (χ0) is 14.8. The van der Waals surface area contributed by atoms with Crippen LogP contribution >= 0.6 is 0 Å². The second-order valence-electron chi connectivity index (χ2n) is 5.67. The van der Waals surface area contributed by atoms with Gasteiger partial charge < -0.3 is 14.6 Å². The number of piperidine rings is 1. The Morgan fingerprint density at radius 3 is 2.75 bits per heavy atom. The molecule has 2 rings (SSSR count). The molecule has 1 saturated heterocycles. The van der Waals surface area contributed by atoms with Gasteiger partial charge in [-0.15, -0.1) is 0 Å². The molecule has 1 N–H and O–H groups in total. The minimum absolute atomic E-state index is 0.0704. The molecule has 0 aromatic carbocycles. The van der Waals surface area contributed by atoms with E-state index in [1.165, 1.54) is 0 Å². The number of aliphatic carboxylic acids is 1. The molecule has 1 amide bonds. The molecule has 1 aliphatic heterocycles. The molecule has 5 nitrogen and oxygen atoms in total. The Kier molecular flexibility index (Phi) is 4.16. The summed E-state index contributed by atoms with van der Waals surface area (Å²) in [5.74, 6) is -0.845. The highest BCUT2D eigenvalue weighted by Crippen LogP contribution is 2.35. The topological polar surface area (TPSA) is 62.5 Å². The van der Waals surface area contributed by atoms with Crippen LogP contribution in [-0.4, -0.2) is 39.5 Å². The van der Waals surface area contributed by atoms with Crippen molar-refractivity contribution in [3.63, 3.8) is 0 Å². The molecule has 0 saturated carbocycles. The number of rotatable bonds is 4.